The van der Waals surface area contributed by atoms with Crippen LogP contribution in [0.1, 0.15) is 15.9 Å². The fourth-order valence-corrected chi connectivity index (χ4v) is 3.78. The van der Waals surface area contributed by atoms with Gasteiger partial charge in [-0.2, -0.15) is 4.72 Å². The second-order valence-electron chi connectivity index (χ2n) is 5.63. The molecule has 11 heteroatoms. The number of nitro groups is 1. The highest BCUT2D eigenvalue weighted by molar-refractivity contribution is 7.89. The number of rotatable bonds is 8. The summed E-state index contributed by atoms with van der Waals surface area (Å²) >= 11 is 0. The van der Waals surface area contributed by atoms with Crippen LogP contribution in [-0.4, -0.2) is 43.5 Å². The second-order valence-corrected chi connectivity index (χ2v) is 7.31. The summed E-state index contributed by atoms with van der Waals surface area (Å²) in [5, 5.41) is 20.1. The average molecular weight is 408 g/mol. The van der Waals surface area contributed by atoms with Gasteiger partial charge in [0.25, 0.3) is 5.69 Å². The molecule has 0 unspecified atom stereocenters. The van der Waals surface area contributed by atoms with E-state index in [1.54, 1.807) is 0 Å². The Hall–Kier alpha value is -3.31. The third-order valence-corrected chi connectivity index (χ3v) is 5.29. The molecule has 0 saturated heterocycles. The number of carbonyl (C=O) groups excluding carboxylic acids is 1. The number of nitrogens with one attached hydrogen (secondary N) is 1. The maximum absolute atomic E-state index is 12.7. The Morgan fingerprint density at radius 1 is 1.18 bits per heavy atom. The van der Waals surface area contributed by atoms with Crippen molar-refractivity contribution in [1.29, 1.82) is 0 Å². The Morgan fingerprint density at radius 3 is 2.32 bits per heavy atom. The molecule has 0 aliphatic heterocycles. The lowest BCUT2D eigenvalue weighted by molar-refractivity contribution is -0.384. The van der Waals surface area contributed by atoms with Gasteiger partial charge in [-0.3, -0.25) is 14.9 Å². The number of ether oxygens (including phenoxy) is 1. The van der Waals surface area contributed by atoms with E-state index in [0.717, 1.165) is 13.2 Å². The van der Waals surface area contributed by atoms with Crippen molar-refractivity contribution in [2.75, 3.05) is 7.11 Å². The molecule has 0 amide bonds. The summed E-state index contributed by atoms with van der Waals surface area (Å²) in [4.78, 5) is 33.0. The number of nitrogens with zero attached hydrogens (tertiary/aromatic N) is 1. The van der Waals surface area contributed by atoms with Crippen LogP contribution in [0.5, 0.6) is 0 Å². The van der Waals surface area contributed by atoms with Crippen LogP contribution in [0, 0.1) is 10.1 Å². The van der Waals surface area contributed by atoms with Gasteiger partial charge in [-0.15, -0.1) is 0 Å². The minimum absolute atomic E-state index is 0.178. The molecule has 0 radical (unpaired) electrons. The number of nitro benzene ring substituents is 1. The van der Waals surface area contributed by atoms with Gasteiger partial charge in [0.2, 0.25) is 10.0 Å². The first-order valence-corrected chi connectivity index (χ1v) is 9.30. The minimum atomic E-state index is -4.37. The Morgan fingerprint density at radius 2 is 1.79 bits per heavy atom. The monoisotopic (exact) mass is 408 g/mol. The van der Waals surface area contributed by atoms with E-state index in [4.69, 9.17) is 0 Å². The Kier molecular flexibility index (Phi) is 6.44. The van der Waals surface area contributed by atoms with Gasteiger partial charge in [-0.05, 0) is 24.1 Å². The highest BCUT2D eigenvalue weighted by Gasteiger charge is 2.29. The zero-order valence-corrected chi connectivity index (χ0v) is 15.4. The van der Waals surface area contributed by atoms with Gasteiger partial charge in [0.05, 0.1) is 22.5 Å². The Bertz CT molecular complexity index is 1000. The summed E-state index contributed by atoms with van der Waals surface area (Å²) in [6.07, 6.45) is -0.257. The van der Waals surface area contributed by atoms with Crippen LogP contribution < -0.4 is 4.72 Å². The highest BCUT2D eigenvalue weighted by atomic mass is 32.2. The number of aliphatic carboxylic acids is 1. The molecule has 2 aromatic carbocycles. The van der Waals surface area contributed by atoms with Crippen LogP contribution in [0.25, 0.3) is 0 Å². The van der Waals surface area contributed by atoms with E-state index in [1.165, 1.54) is 42.5 Å². The molecule has 0 bridgehead atoms. The van der Waals surface area contributed by atoms with Crippen molar-refractivity contribution in [3.05, 3.63) is 69.8 Å². The van der Waals surface area contributed by atoms with Crippen LogP contribution in [0.2, 0.25) is 0 Å². The molecule has 0 aromatic heterocycles. The van der Waals surface area contributed by atoms with Crippen molar-refractivity contribution in [3.8, 4) is 0 Å². The van der Waals surface area contributed by atoms with E-state index in [1.807, 2.05) is 4.72 Å². The lowest BCUT2D eigenvalue weighted by Crippen LogP contribution is -2.42. The maximum Gasteiger partial charge on any atom is 0.339 e. The molecule has 2 rings (SSSR count). The van der Waals surface area contributed by atoms with Crippen molar-refractivity contribution in [3.63, 3.8) is 0 Å². The predicted octanol–water partition coefficient (Wildman–Crippen LogP) is 1.36. The van der Waals surface area contributed by atoms with Crippen molar-refractivity contribution < 1.29 is 32.8 Å². The van der Waals surface area contributed by atoms with Gasteiger partial charge in [-0.1, -0.05) is 24.3 Å². The fourth-order valence-electron chi connectivity index (χ4n) is 2.40. The van der Waals surface area contributed by atoms with Crippen molar-refractivity contribution in [2.24, 2.45) is 0 Å². The number of methoxy groups -OCH3 is 1. The quantitative estimate of drug-likeness (QED) is 0.377. The molecule has 10 nitrogen and oxygen atoms in total. The zero-order chi connectivity index (χ0) is 20.9. The molecule has 1 atom stereocenters. The van der Waals surface area contributed by atoms with Crippen LogP contribution in [0.3, 0.4) is 0 Å². The standard InChI is InChI=1S/C17H16N2O8S/c1-27-17(22)13-4-2-3-5-15(13)28(25,26)18-14(16(20)21)10-11-6-8-12(9-7-11)19(23)24/h2-9,14,18H,10H2,1H3,(H,20,21)/t14-/m0/s1. The largest absolute Gasteiger partial charge is 0.480 e. The second kappa shape index (κ2) is 8.59. The van der Waals surface area contributed by atoms with Gasteiger partial charge in [0.15, 0.2) is 0 Å². The SMILES string of the molecule is COC(=O)c1ccccc1S(=O)(=O)N[C@@H](Cc1ccc([N+](=O)[O-])cc1)C(=O)O. The summed E-state index contributed by atoms with van der Waals surface area (Å²) in [5.74, 6) is -2.33. The van der Waals surface area contributed by atoms with Crippen LogP contribution >= 0.6 is 0 Å². The molecular formula is C17H16N2O8S. The number of benzene rings is 2. The molecule has 0 heterocycles. The van der Waals surface area contributed by atoms with Gasteiger partial charge in [0, 0.05) is 12.1 Å². The molecule has 0 aliphatic rings. The number of hydrogen-bond acceptors (Lipinski definition) is 7. The van der Waals surface area contributed by atoms with E-state index < -0.39 is 37.8 Å². The number of hydrogen-bond donors (Lipinski definition) is 2. The van der Waals surface area contributed by atoms with Gasteiger partial charge < -0.3 is 9.84 Å². The highest BCUT2D eigenvalue weighted by Crippen LogP contribution is 2.18. The van der Waals surface area contributed by atoms with Gasteiger partial charge in [-0.25, -0.2) is 13.2 Å². The molecule has 0 fully saturated rings. The van der Waals surface area contributed by atoms with Crippen molar-refractivity contribution >= 4 is 27.6 Å². The zero-order valence-electron chi connectivity index (χ0n) is 14.6. The third kappa shape index (κ3) is 4.90. The summed E-state index contributed by atoms with van der Waals surface area (Å²) < 4.78 is 31.9. The number of esters is 1. The molecule has 0 aliphatic carbocycles. The molecule has 28 heavy (non-hydrogen) atoms. The molecular weight excluding hydrogens is 392 g/mol. The summed E-state index contributed by atoms with van der Waals surface area (Å²) in [6.45, 7) is 0. The Labute approximate surface area is 160 Å². The molecule has 2 N–H and O–H groups in total. The lowest BCUT2D eigenvalue weighted by atomic mass is 10.1. The molecule has 148 valence electrons. The van der Waals surface area contributed by atoms with E-state index >= 15 is 0 Å². The van der Waals surface area contributed by atoms with Crippen molar-refractivity contribution in [2.45, 2.75) is 17.4 Å². The van der Waals surface area contributed by atoms with Crippen LogP contribution in [0.4, 0.5) is 5.69 Å². The Balaban J connectivity index is 2.30. The van der Waals surface area contributed by atoms with Crippen LogP contribution in [0.15, 0.2) is 53.4 Å². The molecule has 0 saturated carbocycles. The number of sulfonamides is 1. The van der Waals surface area contributed by atoms with E-state index in [9.17, 15) is 33.2 Å². The van der Waals surface area contributed by atoms with E-state index in [0.29, 0.717) is 5.56 Å². The first-order chi connectivity index (χ1) is 13.2. The topological polar surface area (TPSA) is 153 Å². The van der Waals surface area contributed by atoms with Gasteiger partial charge >= 0.3 is 11.9 Å². The minimum Gasteiger partial charge on any atom is -0.480 e. The normalized spacial score (nSPS) is 12.2. The van der Waals surface area contributed by atoms with Crippen molar-refractivity contribution in [1.82, 2.24) is 4.72 Å². The number of carboxylic acid groups (broad SMARTS) is 1. The first-order valence-electron chi connectivity index (χ1n) is 7.81. The smallest absolute Gasteiger partial charge is 0.339 e. The maximum atomic E-state index is 12.7. The predicted molar refractivity (Wildman–Crippen MR) is 96.3 cm³/mol. The molecule has 2 aromatic rings. The number of non-ortho nitro benzene ring substituents is 1. The van der Waals surface area contributed by atoms with E-state index in [2.05, 4.69) is 4.74 Å². The summed E-state index contributed by atoms with van der Waals surface area (Å²) in [5.41, 5.74) is -0.0397. The first kappa shape index (κ1) is 21.0. The van der Waals surface area contributed by atoms with Gasteiger partial charge in [0.1, 0.15) is 6.04 Å². The van der Waals surface area contributed by atoms with Crippen LogP contribution in [-0.2, 0) is 26.0 Å². The molecule has 0 spiro atoms. The summed E-state index contributed by atoms with van der Waals surface area (Å²) in [6, 6.07) is 8.72. The fraction of sp³-hybridized carbons (Fsp3) is 0.176. The number of carboxylic acids is 1. The summed E-state index contributed by atoms with van der Waals surface area (Å²) in [7, 11) is -3.28. The third-order valence-electron chi connectivity index (χ3n) is 3.76. The average Bonchev–Trinajstić information content (AvgIpc) is 2.67. The number of carbonyl (C=O) groups is 2. The van der Waals surface area contributed by atoms with E-state index in [-0.39, 0.29) is 17.7 Å². The lowest BCUT2D eigenvalue weighted by Gasteiger charge is -2.16.